The molecule has 3 rings (SSSR count). The van der Waals surface area contributed by atoms with Crippen LogP contribution in [0.2, 0.25) is 0 Å². The molecule has 29 heavy (non-hydrogen) atoms. The average molecular weight is 526 g/mol. The molecule has 1 saturated heterocycles. The van der Waals surface area contributed by atoms with Gasteiger partial charge in [0, 0.05) is 27.8 Å². The number of nitrogens with one attached hydrogen (secondary N) is 1. The predicted octanol–water partition coefficient (Wildman–Crippen LogP) is 5.89. The van der Waals surface area contributed by atoms with Gasteiger partial charge in [-0.15, -0.1) is 0 Å². The molecule has 1 unspecified atom stereocenters. The molecule has 1 heterocycles. The maximum Gasteiger partial charge on any atom is 0.223 e. The molecule has 3 nitrogen and oxygen atoms in total. The van der Waals surface area contributed by atoms with E-state index in [0.717, 1.165) is 46.0 Å². The zero-order chi connectivity index (χ0) is 21.2. The van der Waals surface area contributed by atoms with Crippen LogP contribution in [0.3, 0.4) is 0 Å². The van der Waals surface area contributed by atoms with Crippen molar-refractivity contribution in [2.24, 2.45) is 0 Å². The summed E-state index contributed by atoms with van der Waals surface area (Å²) in [6, 6.07) is 11.3. The van der Waals surface area contributed by atoms with Gasteiger partial charge in [0.05, 0.1) is 6.04 Å². The molecule has 0 aromatic heterocycles. The molecule has 1 aliphatic heterocycles. The van der Waals surface area contributed by atoms with Crippen molar-refractivity contribution in [2.45, 2.75) is 44.6 Å². The number of amides is 1. The standard InChI is InChI=1S/C23H27Br2FN2O/c1-15-10-18(4-5-21(15)26)23(6-8-27-9-7-23)14-22(29)28(3)16(2)17-11-19(24)13-20(25)12-17/h4-5,10-13,16,27H,6-9,14H2,1-3H3. The molecule has 156 valence electrons. The van der Waals surface area contributed by atoms with Crippen molar-refractivity contribution in [2.75, 3.05) is 20.1 Å². The third-order valence-corrected chi connectivity index (χ3v) is 7.08. The minimum absolute atomic E-state index is 0.0509. The molecule has 0 spiro atoms. The van der Waals surface area contributed by atoms with Crippen LogP contribution in [0.1, 0.15) is 48.9 Å². The zero-order valence-corrected chi connectivity index (χ0v) is 20.2. The highest BCUT2D eigenvalue weighted by molar-refractivity contribution is 9.11. The number of piperidine rings is 1. The number of nitrogens with zero attached hydrogens (tertiary/aromatic N) is 1. The Morgan fingerprint density at radius 3 is 2.38 bits per heavy atom. The van der Waals surface area contributed by atoms with E-state index in [-0.39, 0.29) is 23.2 Å². The molecular formula is C23H27Br2FN2O. The Kier molecular flexibility index (Phi) is 7.18. The molecule has 1 atom stereocenters. The first kappa shape index (κ1) is 22.4. The number of halogens is 3. The maximum absolute atomic E-state index is 13.8. The molecule has 2 aromatic rings. The van der Waals surface area contributed by atoms with E-state index in [2.05, 4.69) is 37.2 Å². The van der Waals surface area contributed by atoms with E-state index in [1.807, 2.05) is 49.2 Å². The Balaban J connectivity index is 1.85. The SMILES string of the molecule is Cc1cc(C2(CC(=O)N(C)C(C)c3cc(Br)cc(Br)c3)CCNCC2)ccc1F. The lowest BCUT2D eigenvalue weighted by atomic mass is 9.70. The Hall–Kier alpha value is -1.24. The van der Waals surface area contributed by atoms with Crippen molar-refractivity contribution in [1.82, 2.24) is 10.2 Å². The quantitative estimate of drug-likeness (QED) is 0.527. The second kappa shape index (κ2) is 9.27. The predicted molar refractivity (Wildman–Crippen MR) is 123 cm³/mol. The van der Waals surface area contributed by atoms with Gasteiger partial charge in [-0.3, -0.25) is 4.79 Å². The summed E-state index contributed by atoms with van der Waals surface area (Å²) in [6.07, 6.45) is 2.17. The van der Waals surface area contributed by atoms with E-state index in [4.69, 9.17) is 0 Å². The number of rotatable bonds is 5. The number of carbonyl (C=O) groups excluding carboxylic acids is 1. The molecule has 2 aromatic carbocycles. The lowest BCUT2D eigenvalue weighted by Gasteiger charge is -2.39. The van der Waals surface area contributed by atoms with Gasteiger partial charge >= 0.3 is 0 Å². The maximum atomic E-state index is 13.8. The molecule has 6 heteroatoms. The second-order valence-corrected chi connectivity index (χ2v) is 9.89. The van der Waals surface area contributed by atoms with Gasteiger partial charge in [-0.2, -0.15) is 0 Å². The van der Waals surface area contributed by atoms with Gasteiger partial charge in [0.1, 0.15) is 5.82 Å². The summed E-state index contributed by atoms with van der Waals surface area (Å²) in [4.78, 5) is 15.2. The number of benzene rings is 2. The van der Waals surface area contributed by atoms with Crippen molar-refractivity contribution in [1.29, 1.82) is 0 Å². The normalized spacial score (nSPS) is 17.0. The van der Waals surface area contributed by atoms with Crippen LogP contribution < -0.4 is 5.32 Å². The Morgan fingerprint density at radius 2 is 1.79 bits per heavy atom. The topological polar surface area (TPSA) is 32.3 Å². The highest BCUT2D eigenvalue weighted by Gasteiger charge is 2.37. The third kappa shape index (κ3) is 5.09. The van der Waals surface area contributed by atoms with Gasteiger partial charge in [0.25, 0.3) is 0 Å². The van der Waals surface area contributed by atoms with Crippen molar-refractivity contribution in [3.8, 4) is 0 Å². The minimum atomic E-state index is -0.257. The number of hydrogen-bond donors (Lipinski definition) is 1. The van der Waals surface area contributed by atoms with Gasteiger partial charge < -0.3 is 10.2 Å². The molecule has 0 bridgehead atoms. The third-order valence-electron chi connectivity index (χ3n) is 6.16. The summed E-state index contributed by atoms with van der Waals surface area (Å²) in [5.74, 6) is -0.0902. The van der Waals surface area contributed by atoms with E-state index in [9.17, 15) is 9.18 Å². The number of hydrogen-bond acceptors (Lipinski definition) is 2. The van der Waals surface area contributed by atoms with E-state index >= 15 is 0 Å². The van der Waals surface area contributed by atoms with Gasteiger partial charge in [0.15, 0.2) is 0 Å². The zero-order valence-electron chi connectivity index (χ0n) is 17.1. The van der Waals surface area contributed by atoms with Crippen LogP contribution in [0.5, 0.6) is 0 Å². The summed E-state index contributed by atoms with van der Waals surface area (Å²) in [6.45, 7) is 5.56. The molecule has 1 aliphatic rings. The Labute approximate surface area is 189 Å². The van der Waals surface area contributed by atoms with E-state index in [1.165, 1.54) is 6.07 Å². The van der Waals surface area contributed by atoms with Crippen LogP contribution in [0.25, 0.3) is 0 Å². The fourth-order valence-electron chi connectivity index (χ4n) is 4.12. The molecule has 0 saturated carbocycles. The number of carbonyl (C=O) groups is 1. The van der Waals surface area contributed by atoms with Crippen LogP contribution in [0.4, 0.5) is 4.39 Å². The molecule has 1 fully saturated rings. The summed E-state index contributed by atoms with van der Waals surface area (Å²) in [5.41, 5.74) is 2.51. The molecule has 0 aliphatic carbocycles. The van der Waals surface area contributed by atoms with Crippen LogP contribution in [-0.2, 0) is 10.2 Å². The van der Waals surface area contributed by atoms with Crippen molar-refractivity contribution in [3.63, 3.8) is 0 Å². The lowest BCUT2D eigenvalue weighted by Crippen LogP contribution is -2.44. The number of aryl methyl sites for hydroxylation is 1. The van der Waals surface area contributed by atoms with Crippen LogP contribution >= 0.6 is 31.9 Å². The molecule has 1 amide bonds. The van der Waals surface area contributed by atoms with Gasteiger partial charge in [-0.1, -0.05) is 44.0 Å². The fraction of sp³-hybridized carbons (Fsp3) is 0.435. The van der Waals surface area contributed by atoms with E-state index < -0.39 is 0 Å². The Bertz CT molecular complexity index is 876. The summed E-state index contributed by atoms with van der Waals surface area (Å²) >= 11 is 7.06. The first-order chi connectivity index (χ1) is 13.7. The van der Waals surface area contributed by atoms with Crippen molar-refractivity contribution >= 4 is 37.8 Å². The average Bonchev–Trinajstić information content (AvgIpc) is 2.68. The molecule has 1 N–H and O–H groups in total. The van der Waals surface area contributed by atoms with Crippen LogP contribution in [-0.4, -0.2) is 30.9 Å². The van der Waals surface area contributed by atoms with Crippen LogP contribution in [0.15, 0.2) is 45.3 Å². The van der Waals surface area contributed by atoms with Crippen LogP contribution in [0, 0.1) is 12.7 Å². The largest absolute Gasteiger partial charge is 0.339 e. The monoisotopic (exact) mass is 524 g/mol. The second-order valence-electron chi connectivity index (χ2n) is 8.05. The van der Waals surface area contributed by atoms with Gasteiger partial charge in [-0.05, 0) is 80.7 Å². The van der Waals surface area contributed by atoms with E-state index in [0.29, 0.717) is 12.0 Å². The first-order valence-corrected chi connectivity index (χ1v) is 11.5. The van der Waals surface area contributed by atoms with Gasteiger partial charge in [-0.25, -0.2) is 4.39 Å². The fourth-order valence-corrected chi connectivity index (χ4v) is 5.45. The first-order valence-electron chi connectivity index (χ1n) is 9.91. The van der Waals surface area contributed by atoms with Gasteiger partial charge in [0.2, 0.25) is 5.91 Å². The van der Waals surface area contributed by atoms with Crippen molar-refractivity contribution < 1.29 is 9.18 Å². The summed E-state index contributed by atoms with van der Waals surface area (Å²) in [7, 11) is 1.87. The highest BCUT2D eigenvalue weighted by Crippen LogP contribution is 2.39. The Morgan fingerprint density at radius 1 is 1.17 bits per heavy atom. The van der Waals surface area contributed by atoms with Crippen molar-refractivity contribution in [3.05, 3.63) is 67.9 Å². The highest BCUT2D eigenvalue weighted by atomic mass is 79.9. The summed E-state index contributed by atoms with van der Waals surface area (Å²) in [5, 5.41) is 3.39. The molecule has 0 radical (unpaired) electrons. The summed E-state index contributed by atoms with van der Waals surface area (Å²) < 4.78 is 15.8. The van der Waals surface area contributed by atoms with E-state index in [1.54, 1.807) is 6.92 Å². The minimum Gasteiger partial charge on any atom is -0.339 e. The molecular weight excluding hydrogens is 499 g/mol. The smallest absolute Gasteiger partial charge is 0.223 e. The lowest BCUT2D eigenvalue weighted by molar-refractivity contribution is -0.133.